The molecule has 112 valence electrons. The molecule has 0 saturated carbocycles. The van der Waals surface area contributed by atoms with Crippen molar-refractivity contribution in [3.8, 4) is 0 Å². The minimum Gasteiger partial charge on any atom is -0.388 e. The first-order valence-electron chi connectivity index (χ1n) is 6.03. The number of hydrogen-bond donors (Lipinski definition) is 2. The zero-order chi connectivity index (χ0) is 15.6. The molecule has 0 aliphatic heterocycles. The maximum absolute atomic E-state index is 13.9. The van der Waals surface area contributed by atoms with Crippen LogP contribution in [0.3, 0.4) is 0 Å². The lowest BCUT2D eigenvalue weighted by atomic mass is 9.99. The number of nitrogens with zero attached hydrogens (tertiary/aromatic N) is 1. The molecule has 0 spiro atoms. The second-order valence-electron chi connectivity index (χ2n) is 4.47. The van der Waals surface area contributed by atoms with Gasteiger partial charge >= 0.3 is 6.18 Å². The first-order valence-corrected chi connectivity index (χ1v) is 6.03. The molecule has 0 aliphatic carbocycles. The van der Waals surface area contributed by atoms with Crippen LogP contribution in [0.4, 0.5) is 23.4 Å². The Morgan fingerprint density at radius 1 is 1.19 bits per heavy atom. The van der Waals surface area contributed by atoms with Gasteiger partial charge in [-0.3, -0.25) is 0 Å². The molecule has 3 N–H and O–H groups in total. The van der Waals surface area contributed by atoms with Crippen LogP contribution in [0.25, 0.3) is 0 Å². The van der Waals surface area contributed by atoms with Gasteiger partial charge in [0.25, 0.3) is 0 Å². The molecular formula is C14H12F4N2O. The summed E-state index contributed by atoms with van der Waals surface area (Å²) < 4.78 is 51.8. The molecule has 1 aromatic heterocycles. The molecule has 1 atom stereocenters. The van der Waals surface area contributed by atoms with Crippen LogP contribution in [-0.4, -0.2) is 10.1 Å². The van der Waals surface area contributed by atoms with Gasteiger partial charge in [-0.15, -0.1) is 0 Å². The van der Waals surface area contributed by atoms with E-state index >= 15 is 0 Å². The van der Waals surface area contributed by atoms with Crippen molar-refractivity contribution in [2.75, 3.05) is 5.73 Å². The van der Waals surface area contributed by atoms with Gasteiger partial charge in [0, 0.05) is 18.2 Å². The average molecular weight is 300 g/mol. The Hall–Kier alpha value is -2.15. The first-order chi connectivity index (χ1) is 9.80. The Balaban J connectivity index is 2.32. The summed E-state index contributed by atoms with van der Waals surface area (Å²) in [6, 6.07) is 5.93. The highest BCUT2D eigenvalue weighted by molar-refractivity contribution is 5.40. The van der Waals surface area contributed by atoms with Crippen molar-refractivity contribution < 1.29 is 22.7 Å². The fourth-order valence-electron chi connectivity index (χ4n) is 1.97. The predicted molar refractivity (Wildman–Crippen MR) is 68.7 cm³/mol. The van der Waals surface area contributed by atoms with Crippen LogP contribution in [0.15, 0.2) is 36.5 Å². The molecule has 0 fully saturated rings. The van der Waals surface area contributed by atoms with E-state index in [0.29, 0.717) is 11.6 Å². The molecule has 3 nitrogen and oxygen atoms in total. The number of pyridine rings is 1. The number of nitrogens with two attached hydrogens (primary N) is 1. The summed E-state index contributed by atoms with van der Waals surface area (Å²) in [6.07, 6.45) is -4.94. The number of nitrogen functional groups attached to an aromatic ring is 1. The number of aliphatic hydroxyl groups is 1. The average Bonchev–Trinajstić information content (AvgIpc) is 2.40. The number of hydrogen-bond acceptors (Lipinski definition) is 3. The maximum Gasteiger partial charge on any atom is 0.419 e. The van der Waals surface area contributed by atoms with Crippen LogP contribution >= 0.6 is 0 Å². The van der Waals surface area contributed by atoms with E-state index in [4.69, 9.17) is 5.73 Å². The van der Waals surface area contributed by atoms with Gasteiger partial charge in [0.1, 0.15) is 11.6 Å². The molecule has 2 aromatic rings. The maximum atomic E-state index is 13.9. The third kappa shape index (κ3) is 3.30. The molecule has 1 aromatic carbocycles. The fraction of sp³-hybridized carbons (Fsp3) is 0.214. The predicted octanol–water partition coefficient (Wildman–Crippen LogP) is 3.10. The van der Waals surface area contributed by atoms with Crippen LogP contribution < -0.4 is 5.73 Å². The number of benzene rings is 1. The van der Waals surface area contributed by atoms with Gasteiger partial charge in [0.05, 0.1) is 11.7 Å². The van der Waals surface area contributed by atoms with Gasteiger partial charge in [-0.2, -0.15) is 13.2 Å². The Morgan fingerprint density at radius 2 is 1.90 bits per heavy atom. The van der Waals surface area contributed by atoms with Crippen LogP contribution in [-0.2, 0) is 12.6 Å². The summed E-state index contributed by atoms with van der Waals surface area (Å²) in [5, 5.41) is 9.98. The lowest BCUT2D eigenvalue weighted by Crippen LogP contribution is -2.13. The molecule has 1 unspecified atom stereocenters. The van der Waals surface area contributed by atoms with Gasteiger partial charge in [-0.1, -0.05) is 18.2 Å². The summed E-state index contributed by atoms with van der Waals surface area (Å²) >= 11 is 0. The SMILES string of the molecule is Nc1ncccc1CC(O)c1cccc(C(F)(F)F)c1F. The number of rotatable bonds is 3. The molecule has 21 heavy (non-hydrogen) atoms. The molecule has 0 saturated heterocycles. The van der Waals surface area contributed by atoms with Crippen molar-refractivity contribution in [2.24, 2.45) is 0 Å². The smallest absolute Gasteiger partial charge is 0.388 e. The van der Waals surface area contributed by atoms with E-state index < -0.39 is 29.2 Å². The van der Waals surface area contributed by atoms with Gasteiger partial charge in [0.15, 0.2) is 0 Å². The second-order valence-corrected chi connectivity index (χ2v) is 4.47. The minimum atomic E-state index is -4.81. The van der Waals surface area contributed by atoms with E-state index in [-0.39, 0.29) is 12.2 Å². The fourth-order valence-corrected chi connectivity index (χ4v) is 1.97. The molecule has 0 aliphatic rings. The van der Waals surface area contributed by atoms with Crippen molar-refractivity contribution in [1.82, 2.24) is 4.98 Å². The lowest BCUT2D eigenvalue weighted by molar-refractivity contribution is -0.140. The number of aliphatic hydroxyl groups excluding tert-OH is 1. The Morgan fingerprint density at radius 3 is 2.52 bits per heavy atom. The molecule has 0 radical (unpaired) electrons. The van der Waals surface area contributed by atoms with E-state index in [1.165, 1.54) is 6.20 Å². The number of aromatic nitrogens is 1. The van der Waals surface area contributed by atoms with Crippen LogP contribution in [0.5, 0.6) is 0 Å². The molecule has 7 heteroatoms. The van der Waals surface area contributed by atoms with Crippen LogP contribution in [0, 0.1) is 5.82 Å². The van der Waals surface area contributed by atoms with Gasteiger partial charge in [-0.05, 0) is 17.7 Å². The lowest BCUT2D eigenvalue weighted by Gasteiger charge is -2.16. The Labute approximate surface area is 118 Å². The van der Waals surface area contributed by atoms with Crippen LogP contribution in [0.1, 0.15) is 22.8 Å². The number of anilines is 1. The first kappa shape index (κ1) is 15.2. The van der Waals surface area contributed by atoms with Gasteiger partial charge in [0.2, 0.25) is 0 Å². The zero-order valence-electron chi connectivity index (χ0n) is 10.7. The minimum absolute atomic E-state index is 0.127. The van der Waals surface area contributed by atoms with Crippen molar-refractivity contribution in [2.45, 2.75) is 18.7 Å². The van der Waals surface area contributed by atoms with Crippen molar-refractivity contribution in [1.29, 1.82) is 0 Å². The third-order valence-electron chi connectivity index (χ3n) is 3.03. The largest absolute Gasteiger partial charge is 0.419 e. The van der Waals surface area contributed by atoms with Gasteiger partial charge in [-0.25, -0.2) is 9.37 Å². The van der Waals surface area contributed by atoms with E-state index in [2.05, 4.69) is 4.98 Å². The third-order valence-corrected chi connectivity index (χ3v) is 3.03. The molecule has 0 bridgehead atoms. The highest BCUT2D eigenvalue weighted by Gasteiger charge is 2.35. The number of halogens is 4. The summed E-state index contributed by atoms with van der Waals surface area (Å²) in [5.74, 6) is -1.33. The number of alkyl halides is 3. The monoisotopic (exact) mass is 300 g/mol. The standard InChI is InChI=1S/C14H12F4N2O/c15-12-9(4-1-5-10(12)14(16,17)18)11(21)7-8-3-2-6-20-13(8)19/h1-6,11,21H,7H2,(H2,19,20). The summed E-state index contributed by atoms with van der Waals surface area (Å²) in [4.78, 5) is 3.80. The van der Waals surface area contributed by atoms with E-state index in [0.717, 1.165) is 12.1 Å². The molecule has 1 heterocycles. The van der Waals surface area contributed by atoms with Crippen molar-refractivity contribution in [3.05, 3.63) is 59.0 Å². The van der Waals surface area contributed by atoms with E-state index in [1.807, 2.05) is 0 Å². The quantitative estimate of drug-likeness (QED) is 0.856. The molecule has 2 rings (SSSR count). The Bertz CT molecular complexity index is 643. The van der Waals surface area contributed by atoms with Gasteiger partial charge < -0.3 is 10.8 Å². The molecule has 0 amide bonds. The zero-order valence-corrected chi connectivity index (χ0v) is 10.7. The van der Waals surface area contributed by atoms with E-state index in [9.17, 15) is 22.7 Å². The highest BCUT2D eigenvalue weighted by atomic mass is 19.4. The van der Waals surface area contributed by atoms with E-state index in [1.54, 1.807) is 12.1 Å². The topological polar surface area (TPSA) is 59.1 Å². The summed E-state index contributed by atoms with van der Waals surface area (Å²) in [5.41, 5.74) is 4.19. The van der Waals surface area contributed by atoms with Crippen LogP contribution in [0.2, 0.25) is 0 Å². The van der Waals surface area contributed by atoms with Crippen molar-refractivity contribution >= 4 is 5.82 Å². The highest BCUT2D eigenvalue weighted by Crippen LogP contribution is 2.34. The summed E-state index contributed by atoms with van der Waals surface area (Å²) in [6.45, 7) is 0. The normalized spacial score (nSPS) is 13.2. The van der Waals surface area contributed by atoms with Crippen molar-refractivity contribution in [3.63, 3.8) is 0 Å². The Kier molecular flexibility index (Phi) is 4.13. The summed E-state index contributed by atoms with van der Waals surface area (Å²) in [7, 11) is 0. The molecular weight excluding hydrogens is 288 g/mol. The second kappa shape index (κ2) is 5.69.